The molecule has 0 radical (unpaired) electrons. The lowest BCUT2D eigenvalue weighted by molar-refractivity contribution is -0.131. The number of fused-ring (bicyclic) bond motifs is 1. The number of rotatable bonds is 7. The first-order valence-corrected chi connectivity index (χ1v) is 11.7. The van der Waals surface area contributed by atoms with Crippen LogP contribution in [0.5, 0.6) is 0 Å². The smallest absolute Gasteiger partial charge is 0.236 e. The van der Waals surface area contributed by atoms with Gasteiger partial charge in [-0.2, -0.15) is 0 Å². The van der Waals surface area contributed by atoms with E-state index >= 15 is 0 Å². The average Bonchev–Trinajstić information content (AvgIpc) is 3.30. The number of likely N-dealkylation sites (tertiary alicyclic amines) is 1. The van der Waals surface area contributed by atoms with Crippen molar-refractivity contribution in [2.45, 2.75) is 52.5 Å². The molecule has 7 heteroatoms. The molecule has 1 aromatic heterocycles. The van der Waals surface area contributed by atoms with Crippen LogP contribution < -0.4 is 4.90 Å². The first kappa shape index (κ1) is 22.4. The zero-order valence-electron chi connectivity index (χ0n) is 19.4. The summed E-state index contributed by atoms with van der Waals surface area (Å²) in [7, 11) is 0. The van der Waals surface area contributed by atoms with E-state index in [0.717, 1.165) is 54.5 Å². The minimum absolute atomic E-state index is 0.104. The van der Waals surface area contributed by atoms with Crippen molar-refractivity contribution in [2.75, 3.05) is 37.6 Å². The normalized spacial score (nSPS) is 18.4. The van der Waals surface area contributed by atoms with Crippen LogP contribution in [-0.2, 0) is 22.6 Å². The monoisotopic (exact) mass is 435 g/mol. The predicted octanol–water partition coefficient (Wildman–Crippen LogP) is 2.92. The summed E-state index contributed by atoms with van der Waals surface area (Å²) in [5.74, 6) is 1.89. The Labute approximate surface area is 190 Å². The van der Waals surface area contributed by atoms with Gasteiger partial charge in [0.15, 0.2) is 0 Å². The SMILES string of the molecule is CCN(CC)CC(=O)N1CCC(c2nc(C)c3c(n2)N(Cc2ccccc2)C(=O)CC3)C1. The third kappa shape index (κ3) is 4.67. The molecule has 2 aliphatic heterocycles. The van der Waals surface area contributed by atoms with Crippen LogP contribution in [0, 0.1) is 6.92 Å². The number of benzene rings is 1. The van der Waals surface area contributed by atoms with Gasteiger partial charge in [-0.25, -0.2) is 9.97 Å². The molecule has 1 aromatic carbocycles. The minimum Gasteiger partial charge on any atom is -0.341 e. The number of hydrogen-bond donors (Lipinski definition) is 0. The summed E-state index contributed by atoms with van der Waals surface area (Å²) >= 11 is 0. The lowest BCUT2D eigenvalue weighted by Gasteiger charge is -2.30. The lowest BCUT2D eigenvalue weighted by Crippen LogP contribution is -2.39. The highest BCUT2D eigenvalue weighted by atomic mass is 16.2. The molecule has 1 atom stereocenters. The first-order valence-electron chi connectivity index (χ1n) is 11.7. The molecule has 2 amide bonds. The fourth-order valence-electron chi connectivity index (χ4n) is 4.65. The lowest BCUT2D eigenvalue weighted by atomic mass is 10.0. The van der Waals surface area contributed by atoms with Crippen LogP contribution >= 0.6 is 0 Å². The van der Waals surface area contributed by atoms with Crippen LogP contribution in [0.3, 0.4) is 0 Å². The summed E-state index contributed by atoms with van der Waals surface area (Å²) in [4.78, 5) is 41.2. The zero-order valence-corrected chi connectivity index (χ0v) is 19.4. The second-order valence-electron chi connectivity index (χ2n) is 8.72. The van der Waals surface area contributed by atoms with Crippen LogP contribution in [0.25, 0.3) is 0 Å². The number of carbonyl (C=O) groups is 2. The number of anilines is 1. The largest absolute Gasteiger partial charge is 0.341 e. The number of aromatic nitrogens is 2. The average molecular weight is 436 g/mol. The van der Waals surface area contributed by atoms with Crippen LogP contribution in [0.1, 0.15) is 55.3 Å². The first-order chi connectivity index (χ1) is 15.5. The topological polar surface area (TPSA) is 69.6 Å². The molecule has 1 saturated heterocycles. The molecular weight excluding hydrogens is 402 g/mol. The van der Waals surface area contributed by atoms with Crippen molar-refractivity contribution in [1.29, 1.82) is 0 Å². The number of hydrogen-bond acceptors (Lipinski definition) is 5. The Kier molecular flexibility index (Phi) is 6.84. The molecule has 0 N–H and O–H groups in total. The Morgan fingerprint density at radius 2 is 1.88 bits per heavy atom. The third-order valence-electron chi connectivity index (χ3n) is 6.70. The number of likely N-dealkylation sites (N-methyl/N-ethyl adjacent to an activating group) is 1. The molecule has 0 spiro atoms. The van der Waals surface area contributed by atoms with Crippen molar-refractivity contribution in [3.63, 3.8) is 0 Å². The summed E-state index contributed by atoms with van der Waals surface area (Å²) in [6.07, 6.45) is 2.03. The van der Waals surface area contributed by atoms with Crippen molar-refractivity contribution >= 4 is 17.6 Å². The molecule has 2 aliphatic rings. The summed E-state index contributed by atoms with van der Waals surface area (Å²) in [5, 5.41) is 0. The Morgan fingerprint density at radius 3 is 2.59 bits per heavy atom. The molecule has 0 saturated carbocycles. The van der Waals surface area contributed by atoms with Gasteiger partial charge in [-0.1, -0.05) is 44.2 Å². The van der Waals surface area contributed by atoms with Crippen LogP contribution in [0.15, 0.2) is 30.3 Å². The van der Waals surface area contributed by atoms with E-state index in [1.807, 2.05) is 47.1 Å². The second-order valence-corrected chi connectivity index (χ2v) is 8.72. The van der Waals surface area contributed by atoms with Crippen LogP contribution in [-0.4, -0.2) is 64.3 Å². The Morgan fingerprint density at radius 1 is 1.12 bits per heavy atom. The fraction of sp³-hybridized carbons (Fsp3) is 0.520. The Bertz CT molecular complexity index is 974. The number of nitrogens with zero attached hydrogens (tertiary/aromatic N) is 5. The maximum Gasteiger partial charge on any atom is 0.236 e. The van der Waals surface area contributed by atoms with E-state index < -0.39 is 0 Å². The van der Waals surface area contributed by atoms with Gasteiger partial charge in [-0.3, -0.25) is 19.4 Å². The van der Waals surface area contributed by atoms with Gasteiger partial charge in [-0.15, -0.1) is 0 Å². The van der Waals surface area contributed by atoms with Gasteiger partial charge < -0.3 is 4.90 Å². The molecule has 32 heavy (non-hydrogen) atoms. The van der Waals surface area contributed by atoms with Crippen molar-refractivity contribution < 1.29 is 9.59 Å². The van der Waals surface area contributed by atoms with E-state index in [-0.39, 0.29) is 17.7 Å². The molecule has 1 fully saturated rings. The highest BCUT2D eigenvalue weighted by molar-refractivity contribution is 5.95. The van der Waals surface area contributed by atoms with E-state index in [0.29, 0.717) is 32.5 Å². The molecule has 3 heterocycles. The van der Waals surface area contributed by atoms with E-state index in [1.54, 1.807) is 0 Å². The molecule has 7 nitrogen and oxygen atoms in total. The maximum absolute atomic E-state index is 12.8. The van der Waals surface area contributed by atoms with Crippen molar-refractivity contribution in [2.24, 2.45) is 0 Å². The molecule has 0 bridgehead atoms. The van der Waals surface area contributed by atoms with Crippen molar-refractivity contribution in [3.8, 4) is 0 Å². The Balaban J connectivity index is 1.55. The summed E-state index contributed by atoms with van der Waals surface area (Å²) < 4.78 is 0. The quantitative estimate of drug-likeness (QED) is 0.669. The highest BCUT2D eigenvalue weighted by Crippen LogP contribution is 2.33. The van der Waals surface area contributed by atoms with Gasteiger partial charge in [0.05, 0.1) is 13.1 Å². The predicted molar refractivity (Wildman–Crippen MR) is 124 cm³/mol. The van der Waals surface area contributed by atoms with Gasteiger partial charge in [0.2, 0.25) is 11.8 Å². The van der Waals surface area contributed by atoms with Gasteiger partial charge in [-0.05, 0) is 38.4 Å². The van der Waals surface area contributed by atoms with Crippen molar-refractivity contribution in [1.82, 2.24) is 19.8 Å². The van der Waals surface area contributed by atoms with E-state index in [9.17, 15) is 9.59 Å². The third-order valence-corrected chi connectivity index (χ3v) is 6.70. The number of carbonyl (C=O) groups excluding carboxylic acids is 2. The fourth-order valence-corrected chi connectivity index (χ4v) is 4.65. The maximum atomic E-state index is 12.8. The zero-order chi connectivity index (χ0) is 22.7. The summed E-state index contributed by atoms with van der Waals surface area (Å²) in [6.45, 7) is 10.3. The van der Waals surface area contributed by atoms with E-state index in [4.69, 9.17) is 9.97 Å². The molecule has 2 aromatic rings. The summed E-state index contributed by atoms with van der Waals surface area (Å²) in [6, 6.07) is 10.0. The van der Waals surface area contributed by atoms with Crippen molar-refractivity contribution in [3.05, 3.63) is 53.0 Å². The molecule has 0 aliphatic carbocycles. The highest BCUT2D eigenvalue weighted by Gasteiger charge is 2.33. The van der Waals surface area contributed by atoms with Gasteiger partial charge >= 0.3 is 0 Å². The van der Waals surface area contributed by atoms with Gasteiger partial charge in [0.25, 0.3) is 0 Å². The van der Waals surface area contributed by atoms with E-state index in [1.165, 1.54) is 0 Å². The number of aryl methyl sites for hydroxylation is 1. The van der Waals surface area contributed by atoms with Crippen LogP contribution in [0.2, 0.25) is 0 Å². The molecule has 170 valence electrons. The molecule has 1 unspecified atom stereocenters. The van der Waals surface area contributed by atoms with Crippen LogP contribution in [0.4, 0.5) is 5.82 Å². The second kappa shape index (κ2) is 9.77. The molecular formula is C25H33N5O2. The minimum atomic E-state index is 0.104. The standard InChI is InChI=1S/C25H33N5O2/c1-4-28(5-2)17-23(32)29-14-13-20(16-29)24-26-18(3)21-11-12-22(31)30(25(21)27-24)15-19-9-7-6-8-10-19/h6-10,20H,4-5,11-17H2,1-3H3. The van der Waals surface area contributed by atoms with E-state index in [2.05, 4.69) is 18.7 Å². The summed E-state index contributed by atoms with van der Waals surface area (Å²) in [5.41, 5.74) is 3.10. The van der Waals surface area contributed by atoms with Gasteiger partial charge in [0.1, 0.15) is 11.6 Å². The van der Waals surface area contributed by atoms with Gasteiger partial charge in [0, 0.05) is 36.7 Å². The number of amides is 2. The Hall–Kier alpha value is -2.80. The molecule has 4 rings (SSSR count).